The molecule has 3 N–H and O–H groups in total. The third-order valence-corrected chi connectivity index (χ3v) is 2.95. The summed E-state index contributed by atoms with van der Waals surface area (Å²) >= 11 is 6.08. The van der Waals surface area contributed by atoms with Crippen LogP contribution < -0.4 is 11.3 Å². The molecule has 2 atom stereocenters. The van der Waals surface area contributed by atoms with Gasteiger partial charge in [0.15, 0.2) is 0 Å². The summed E-state index contributed by atoms with van der Waals surface area (Å²) in [5.41, 5.74) is 3.85. The Balaban J connectivity index is 2.87. The van der Waals surface area contributed by atoms with Crippen molar-refractivity contribution in [2.24, 2.45) is 11.8 Å². The predicted molar refractivity (Wildman–Crippen MR) is 63.4 cm³/mol. The van der Waals surface area contributed by atoms with Gasteiger partial charge in [-0.3, -0.25) is 16.3 Å². The van der Waals surface area contributed by atoms with Crippen LogP contribution in [0.15, 0.2) is 18.5 Å². The summed E-state index contributed by atoms with van der Waals surface area (Å²) in [6.45, 7) is 4.34. The van der Waals surface area contributed by atoms with Crippen molar-refractivity contribution >= 4 is 11.6 Å². The lowest BCUT2D eigenvalue weighted by Crippen LogP contribution is -2.32. The molecule has 4 heteroatoms. The topological polar surface area (TPSA) is 50.9 Å². The molecule has 0 spiro atoms. The number of hydrazine groups is 1. The molecule has 0 aliphatic heterocycles. The molecule has 15 heavy (non-hydrogen) atoms. The largest absolute Gasteiger partial charge is 0.271 e. The van der Waals surface area contributed by atoms with E-state index < -0.39 is 0 Å². The normalized spacial score (nSPS) is 14.9. The van der Waals surface area contributed by atoms with Gasteiger partial charge in [0.05, 0.1) is 11.1 Å². The number of nitrogens with two attached hydrogens (primary N) is 1. The van der Waals surface area contributed by atoms with Crippen molar-refractivity contribution in [2.45, 2.75) is 32.7 Å². The number of hydrogen-bond donors (Lipinski definition) is 2. The van der Waals surface area contributed by atoms with Crippen LogP contribution in [0.25, 0.3) is 0 Å². The second-order valence-corrected chi connectivity index (χ2v) is 4.21. The maximum absolute atomic E-state index is 6.08. The molecule has 0 aromatic carbocycles. The maximum Gasteiger partial charge on any atom is 0.0637 e. The summed E-state index contributed by atoms with van der Waals surface area (Å²) in [6.07, 6.45) is 5.65. The summed E-state index contributed by atoms with van der Waals surface area (Å²) < 4.78 is 0. The minimum absolute atomic E-state index is 0.0976. The predicted octanol–water partition coefficient (Wildman–Crippen LogP) is 2.68. The zero-order valence-electron chi connectivity index (χ0n) is 9.20. The van der Waals surface area contributed by atoms with Gasteiger partial charge in [-0.2, -0.15) is 0 Å². The first-order valence-electron chi connectivity index (χ1n) is 5.26. The van der Waals surface area contributed by atoms with Gasteiger partial charge in [0.25, 0.3) is 0 Å². The molecule has 0 radical (unpaired) electrons. The molecule has 0 amide bonds. The van der Waals surface area contributed by atoms with Gasteiger partial charge in [-0.1, -0.05) is 31.9 Å². The molecule has 1 rings (SSSR count). The van der Waals surface area contributed by atoms with Crippen LogP contribution in [0, 0.1) is 5.92 Å². The zero-order valence-corrected chi connectivity index (χ0v) is 9.96. The fourth-order valence-corrected chi connectivity index (χ4v) is 2.06. The van der Waals surface area contributed by atoms with Crippen molar-refractivity contribution in [1.29, 1.82) is 0 Å². The molecule has 0 saturated heterocycles. The van der Waals surface area contributed by atoms with Gasteiger partial charge in [0.1, 0.15) is 0 Å². The van der Waals surface area contributed by atoms with Crippen LogP contribution in [0.2, 0.25) is 5.02 Å². The molecular formula is C11H18ClN3. The minimum Gasteiger partial charge on any atom is -0.271 e. The summed E-state index contributed by atoms with van der Waals surface area (Å²) in [7, 11) is 0. The highest BCUT2D eigenvalue weighted by molar-refractivity contribution is 6.31. The lowest BCUT2D eigenvalue weighted by Gasteiger charge is -2.23. The van der Waals surface area contributed by atoms with Crippen molar-refractivity contribution < 1.29 is 0 Å². The maximum atomic E-state index is 6.08. The quantitative estimate of drug-likeness (QED) is 0.601. The van der Waals surface area contributed by atoms with E-state index in [1.165, 1.54) is 0 Å². The third-order valence-electron chi connectivity index (χ3n) is 2.63. The number of rotatable bonds is 5. The zero-order chi connectivity index (χ0) is 11.3. The number of halogens is 1. The highest BCUT2D eigenvalue weighted by atomic mass is 35.5. The van der Waals surface area contributed by atoms with Crippen molar-refractivity contribution in [2.75, 3.05) is 0 Å². The van der Waals surface area contributed by atoms with E-state index in [0.29, 0.717) is 10.9 Å². The number of hydrogen-bond acceptors (Lipinski definition) is 3. The average Bonchev–Trinajstić information content (AvgIpc) is 2.22. The summed E-state index contributed by atoms with van der Waals surface area (Å²) in [5.74, 6) is 6.03. The SMILES string of the molecule is CCCC(C)C(NN)c1ccncc1Cl. The standard InChI is InChI=1S/C11H18ClN3/c1-3-4-8(2)11(15-13)9-5-6-14-7-10(9)12/h5-8,11,15H,3-4,13H2,1-2H3. The van der Waals surface area contributed by atoms with Crippen molar-refractivity contribution in [3.8, 4) is 0 Å². The van der Waals surface area contributed by atoms with Gasteiger partial charge in [-0.15, -0.1) is 0 Å². The van der Waals surface area contributed by atoms with Crippen molar-refractivity contribution in [3.05, 3.63) is 29.0 Å². The van der Waals surface area contributed by atoms with Gasteiger partial charge < -0.3 is 0 Å². The number of nitrogens with one attached hydrogen (secondary N) is 1. The fraction of sp³-hybridized carbons (Fsp3) is 0.545. The molecule has 0 fully saturated rings. The monoisotopic (exact) mass is 227 g/mol. The van der Waals surface area contributed by atoms with E-state index in [1.54, 1.807) is 12.4 Å². The van der Waals surface area contributed by atoms with E-state index >= 15 is 0 Å². The van der Waals surface area contributed by atoms with Crippen LogP contribution in [0.1, 0.15) is 38.3 Å². The number of aromatic nitrogens is 1. The Hall–Kier alpha value is -0.640. The Morgan fingerprint density at radius 2 is 2.33 bits per heavy atom. The van der Waals surface area contributed by atoms with Gasteiger partial charge in [-0.25, -0.2) is 0 Å². The van der Waals surface area contributed by atoms with Crippen LogP contribution in [0.5, 0.6) is 0 Å². The number of pyridine rings is 1. The Morgan fingerprint density at radius 1 is 1.60 bits per heavy atom. The first-order valence-corrected chi connectivity index (χ1v) is 5.64. The summed E-state index contributed by atoms with van der Waals surface area (Å²) in [4.78, 5) is 3.97. The van der Waals surface area contributed by atoms with Crippen LogP contribution in [-0.4, -0.2) is 4.98 Å². The first-order chi connectivity index (χ1) is 7.20. The Bertz CT molecular complexity index is 304. The summed E-state index contributed by atoms with van der Waals surface area (Å²) in [5, 5.41) is 0.670. The van der Waals surface area contributed by atoms with E-state index in [-0.39, 0.29) is 6.04 Å². The van der Waals surface area contributed by atoms with Crippen LogP contribution in [0.3, 0.4) is 0 Å². The third kappa shape index (κ3) is 3.16. The van der Waals surface area contributed by atoms with Crippen LogP contribution in [-0.2, 0) is 0 Å². The van der Waals surface area contributed by atoms with E-state index in [2.05, 4.69) is 24.3 Å². The Kier molecular flexibility index (Phi) is 5.02. The van der Waals surface area contributed by atoms with Crippen LogP contribution >= 0.6 is 11.6 Å². The van der Waals surface area contributed by atoms with Gasteiger partial charge in [-0.05, 0) is 24.0 Å². The molecule has 0 saturated carbocycles. The lowest BCUT2D eigenvalue weighted by atomic mass is 9.92. The highest BCUT2D eigenvalue weighted by Crippen LogP contribution is 2.29. The molecular weight excluding hydrogens is 210 g/mol. The first kappa shape index (κ1) is 12.4. The lowest BCUT2D eigenvalue weighted by molar-refractivity contribution is 0.368. The molecule has 2 unspecified atom stereocenters. The van der Waals surface area contributed by atoms with Crippen molar-refractivity contribution in [1.82, 2.24) is 10.4 Å². The van der Waals surface area contributed by atoms with Crippen LogP contribution in [0.4, 0.5) is 0 Å². The average molecular weight is 228 g/mol. The van der Waals surface area contributed by atoms with Gasteiger partial charge in [0, 0.05) is 12.4 Å². The second kappa shape index (κ2) is 6.05. The highest BCUT2D eigenvalue weighted by Gasteiger charge is 2.19. The molecule has 1 aromatic heterocycles. The van der Waals surface area contributed by atoms with Gasteiger partial charge >= 0.3 is 0 Å². The number of nitrogens with zero attached hydrogens (tertiary/aromatic N) is 1. The van der Waals surface area contributed by atoms with Crippen molar-refractivity contribution in [3.63, 3.8) is 0 Å². The Labute approximate surface area is 96.0 Å². The molecule has 0 aliphatic carbocycles. The Morgan fingerprint density at radius 3 is 2.87 bits per heavy atom. The molecule has 3 nitrogen and oxygen atoms in total. The van der Waals surface area contributed by atoms with E-state index in [4.69, 9.17) is 17.4 Å². The molecule has 0 aliphatic rings. The fourth-order valence-electron chi connectivity index (χ4n) is 1.82. The van der Waals surface area contributed by atoms with E-state index in [9.17, 15) is 0 Å². The summed E-state index contributed by atoms with van der Waals surface area (Å²) in [6, 6.07) is 2.01. The second-order valence-electron chi connectivity index (χ2n) is 3.81. The molecule has 1 heterocycles. The molecule has 84 valence electrons. The molecule has 1 aromatic rings. The van der Waals surface area contributed by atoms with E-state index in [1.807, 2.05) is 6.07 Å². The minimum atomic E-state index is 0.0976. The van der Waals surface area contributed by atoms with E-state index in [0.717, 1.165) is 18.4 Å². The molecule has 0 bridgehead atoms. The van der Waals surface area contributed by atoms with Gasteiger partial charge in [0.2, 0.25) is 0 Å². The smallest absolute Gasteiger partial charge is 0.0637 e.